The van der Waals surface area contributed by atoms with Gasteiger partial charge in [0.05, 0.1) is 29.5 Å². The zero-order valence-corrected chi connectivity index (χ0v) is 15.6. The summed E-state index contributed by atoms with van der Waals surface area (Å²) in [5, 5.41) is 30.9. The third-order valence-corrected chi connectivity index (χ3v) is 5.87. The average Bonchev–Trinajstić information content (AvgIpc) is 2.88. The van der Waals surface area contributed by atoms with Crippen molar-refractivity contribution in [2.75, 3.05) is 6.61 Å². The van der Waals surface area contributed by atoms with Crippen molar-refractivity contribution < 1.29 is 20.1 Å². The van der Waals surface area contributed by atoms with E-state index in [0.29, 0.717) is 25.7 Å². The van der Waals surface area contributed by atoms with E-state index >= 15 is 0 Å². The molecule has 0 spiro atoms. The van der Waals surface area contributed by atoms with Gasteiger partial charge in [-0.1, -0.05) is 32.1 Å². The van der Waals surface area contributed by atoms with Gasteiger partial charge in [-0.15, -0.1) is 0 Å². The van der Waals surface area contributed by atoms with Crippen molar-refractivity contribution in [3.05, 3.63) is 23.8 Å². The highest BCUT2D eigenvalue weighted by Gasteiger charge is 2.50. The summed E-state index contributed by atoms with van der Waals surface area (Å²) in [4.78, 5) is 0. The fourth-order valence-electron chi connectivity index (χ4n) is 3.78. The van der Waals surface area contributed by atoms with Crippen molar-refractivity contribution in [1.29, 1.82) is 0 Å². The van der Waals surface area contributed by atoms with E-state index in [2.05, 4.69) is 13.8 Å². The fourth-order valence-corrected chi connectivity index (χ4v) is 3.78. The molecule has 2 heterocycles. The Kier molecular flexibility index (Phi) is 5.96. The summed E-state index contributed by atoms with van der Waals surface area (Å²) < 4.78 is 6.46. The summed E-state index contributed by atoms with van der Waals surface area (Å²) in [6.45, 7) is 8.04. The number of aliphatic hydroxyl groups excluding tert-OH is 2. The molecule has 4 atom stereocenters. The van der Waals surface area contributed by atoms with E-state index in [1.54, 1.807) is 0 Å². The maximum Gasteiger partial charge on any atom is 0.0925 e. The molecule has 1 saturated heterocycles. The molecular weight excluding hydrogens is 304 g/mol. The molecule has 0 aromatic rings. The molecule has 4 heteroatoms. The minimum atomic E-state index is -0.909. The smallest absolute Gasteiger partial charge is 0.0925 e. The molecular formula is C20H34O4. The lowest BCUT2D eigenvalue weighted by molar-refractivity contribution is -0.145. The second-order valence-corrected chi connectivity index (χ2v) is 8.33. The van der Waals surface area contributed by atoms with Crippen LogP contribution in [0.3, 0.4) is 0 Å². The lowest BCUT2D eigenvalue weighted by atomic mass is 9.83. The van der Waals surface area contributed by atoms with Crippen LogP contribution < -0.4 is 0 Å². The van der Waals surface area contributed by atoms with Crippen molar-refractivity contribution in [2.45, 2.75) is 89.1 Å². The lowest BCUT2D eigenvalue weighted by Crippen LogP contribution is -2.44. The zero-order chi connectivity index (χ0) is 18.0. The van der Waals surface area contributed by atoms with Gasteiger partial charge in [0.25, 0.3) is 0 Å². The van der Waals surface area contributed by atoms with Crippen LogP contribution in [0.25, 0.3) is 0 Å². The van der Waals surface area contributed by atoms with Gasteiger partial charge in [-0.25, -0.2) is 0 Å². The Morgan fingerprint density at radius 2 is 1.92 bits per heavy atom. The van der Waals surface area contributed by atoms with Crippen LogP contribution in [0, 0.1) is 5.92 Å². The number of hydrogen-bond donors (Lipinski definition) is 3. The van der Waals surface area contributed by atoms with Crippen LogP contribution in [-0.2, 0) is 4.74 Å². The van der Waals surface area contributed by atoms with Crippen LogP contribution in [0.2, 0.25) is 0 Å². The molecule has 0 unspecified atom stereocenters. The number of allylic oxidation sites excluding steroid dienone is 1. The molecule has 0 saturated carbocycles. The zero-order valence-electron chi connectivity index (χ0n) is 15.6. The van der Waals surface area contributed by atoms with Gasteiger partial charge < -0.3 is 20.1 Å². The van der Waals surface area contributed by atoms with Crippen molar-refractivity contribution in [1.82, 2.24) is 0 Å². The summed E-state index contributed by atoms with van der Waals surface area (Å²) in [6, 6.07) is 0. The lowest BCUT2D eigenvalue weighted by Gasteiger charge is -2.37. The number of rotatable bonds is 2. The van der Waals surface area contributed by atoms with Gasteiger partial charge in [0.2, 0.25) is 0 Å². The first-order valence-electron chi connectivity index (χ1n) is 9.22. The third-order valence-electron chi connectivity index (χ3n) is 5.87. The quantitative estimate of drug-likeness (QED) is 0.677. The van der Waals surface area contributed by atoms with Gasteiger partial charge >= 0.3 is 0 Å². The maximum atomic E-state index is 10.7. The summed E-state index contributed by atoms with van der Waals surface area (Å²) in [7, 11) is 0. The Morgan fingerprint density at radius 1 is 1.21 bits per heavy atom. The van der Waals surface area contributed by atoms with Crippen molar-refractivity contribution >= 4 is 0 Å². The molecule has 2 aliphatic heterocycles. The van der Waals surface area contributed by atoms with Crippen LogP contribution in [0.15, 0.2) is 23.8 Å². The molecule has 2 rings (SSSR count). The van der Waals surface area contributed by atoms with Gasteiger partial charge in [0.15, 0.2) is 0 Å². The second kappa shape index (κ2) is 7.28. The minimum absolute atomic E-state index is 0.00178. The number of ether oxygens (including phenoxy) is 1. The maximum absolute atomic E-state index is 10.7. The van der Waals surface area contributed by atoms with Crippen molar-refractivity contribution in [3.63, 3.8) is 0 Å². The Bertz CT molecular complexity index is 494. The van der Waals surface area contributed by atoms with Crippen LogP contribution >= 0.6 is 0 Å². The van der Waals surface area contributed by atoms with E-state index in [9.17, 15) is 15.3 Å². The van der Waals surface area contributed by atoms with Gasteiger partial charge in [0, 0.05) is 0 Å². The van der Waals surface area contributed by atoms with Crippen LogP contribution in [0.4, 0.5) is 0 Å². The topological polar surface area (TPSA) is 69.9 Å². The van der Waals surface area contributed by atoms with E-state index in [1.807, 2.05) is 32.1 Å². The molecule has 4 nitrogen and oxygen atoms in total. The Morgan fingerprint density at radius 3 is 2.54 bits per heavy atom. The van der Waals surface area contributed by atoms with Crippen molar-refractivity contribution in [2.24, 2.45) is 5.92 Å². The molecule has 2 bridgehead atoms. The standard InChI is InChI=1S/C20H34O4/c1-15(2)20-12-10-18(3,23)9-5-6-16(14-21)7-8-17(22)19(4,24-20)11-13-20/h6,10,12,15,17,21-23H,5,7-9,11,13-14H2,1-4H3/b12-10+,16-6+/t17-,18+,19-,20-/m0/s1. The van der Waals surface area contributed by atoms with Gasteiger partial charge in [0.1, 0.15) is 0 Å². The molecule has 0 aromatic heterocycles. The van der Waals surface area contributed by atoms with E-state index in [-0.39, 0.29) is 12.5 Å². The predicted molar refractivity (Wildman–Crippen MR) is 95.7 cm³/mol. The van der Waals surface area contributed by atoms with Crippen molar-refractivity contribution in [3.8, 4) is 0 Å². The SMILES string of the molecule is CC(C)[C@]12/C=C/[C@](C)(O)CC/C=C(/CO)CC[C@H](O)[C@](C)(CC1)O2. The highest BCUT2D eigenvalue weighted by atomic mass is 16.5. The van der Waals surface area contributed by atoms with Crippen LogP contribution in [-0.4, -0.2) is 44.8 Å². The first kappa shape index (κ1) is 19.6. The van der Waals surface area contributed by atoms with E-state index in [1.165, 1.54) is 0 Å². The monoisotopic (exact) mass is 338 g/mol. The first-order chi connectivity index (χ1) is 11.1. The minimum Gasteiger partial charge on any atom is -0.392 e. The summed E-state index contributed by atoms with van der Waals surface area (Å²) in [6.07, 6.45) is 9.47. The Hall–Kier alpha value is -0.680. The van der Waals surface area contributed by atoms with E-state index in [0.717, 1.165) is 18.4 Å². The fraction of sp³-hybridized carbons (Fsp3) is 0.800. The number of hydrogen-bond acceptors (Lipinski definition) is 4. The summed E-state index contributed by atoms with van der Waals surface area (Å²) in [5.41, 5.74) is -1.02. The highest BCUT2D eigenvalue weighted by Crippen LogP contribution is 2.46. The van der Waals surface area contributed by atoms with E-state index in [4.69, 9.17) is 4.74 Å². The van der Waals surface area contributed by atoms with Gasteiger partial charge in [-0.3, -0.25) is 0 Å². The molecule has 3 N–H and O–H groups in total. The molecule has 0 amide bonds. The largest absolute Gasteiger partial charge is 0.392 e. The van der Waals surface area contributed by atoms with E-state index < -0.39 is 22.9 Å². The molecule has 0 radical (unpaired) electrons. The first-order valence-corrected chi connectivity index (χ1v) is 9.22. The van der Waals surface area contributed by atoms with Crippen LogP contribution in [0.1, 0.15) is 66.2 Å². The molecule has 2 aliphatic rings. The Balaban J connectivity index is 2.34. The molecule has 0 aliphatic carbocycles. The number of aliphatic hydroxyl groups is 3. The second-order valence-electron chi connectivity index (χ2n) is 8.33. The van der Waals surface area contributed by atoms with Crippen LogP contribution in [0.5, 0.6) is 0 Å². The summed E-state index contributed by atoms with van der Waals surface area (Å²) in [5.74, 6) is 0.259. The molecule has 138 valence electrons. The predicted octanol–water partition coefficient (Wildman–Crippen LogP) is 3.11. The average molecular weight is 338 g/mol. The summed E-state index contributed by atoms with van der Waals surface area (Å²) >= 11 is 0. The molecule has 24 heavy (non-hydrogen) atoms. The normalized spacial score (nSPS) is 45.0. The molecule has 1 fully saturated rings. The third kappa shape index (κ3) is 4.29. The number of fused-ring (bicyclic) bond motifs is 2. The highest BCUT2D eigenvalue weighted by molar-refractivity contribution is 5.16. The van der Waals surface area contributed by atoms with Gasteiger partial charge in [-0.2, -0.15) is 0 Å². The van der Waals surface area contributed by atoms with Gasteiger partial charge in [-0.05, 0) is 63.9 Å². The Labute approximate surface area is 146 Å². The molecule has 0 aromatic carbocycles.